The minimum Gasteiger partial charge on any atom is -0.466 e. The first-order valence-electron chi connectivity index (χ1n) is 7.30. The quantitative estimate of drug-likeness (QED) is 0.471. The lowest BCUT2D eigenvalue weighted by Gasteiger charge is -2.51. The third kappa shape index (κ3) is 4.52. The van der Waals surface area contributed by atoms with Crippen LogP contribution in [0.1, 0.15) is 59.3 Å². The minimum absolute atomic E-state index is 0.178. The lowest BCUT2D eigenvalue weighted by molar-refractivity contribution is -0.142. The molecule has 108 valence electrons. The predicted molar refractivity (Wildman–Crippen MR) is 79.9 cm³/mol. The molecule has 2 heteroatoms. The van der Waals surface area contributed by atoms with Gasteiger partial charge in [0.1, 0.15) is 0 Å². The molecule has 0 saturated heterocycles. The maximum atomic E-state index is 10.9. The molecular formula is C17H28O2. The second kappa shape index (κ2) is 6.93. The summed E-state index contributed by atoms with van der Waals surface area (Å²) in [6, 6.07) is 0. The standard InChI is InChI=1S/C17H28O2/c1-13(2)7-6-9-17(11-12-19-15(5)18)10-8-16(17)14(3)4/h16H,1,3,6-12H2,2,4-5H3. The Bertz CT molecular complexity index is 334. The topological polar surface area (TPSA) is 26.3 Å². The van der Waals surface area contributed by atoms with Crippen LogP contribution < -0.4 is 0 Å². The highest BCUT2D eigenvalue weighted by molar-refractivity contribution is 5.65. The molecule has 0 heterocycles. The first kappa shape index (κ1) is 16.0. The van der Waals surface area contributed by atoms with Crippen molar-refractivity contribution in [3.63, 3.8) is 0 Å². The van der Waals surface area contributed by atoms with E-state index >= 15 is 0 Å². The molecule has 1 saturated carbocycles. The molecule has 0 aromatic rings. The molecule has 0 N–H and O–H groups in total. The highest BCUT2D eigenvalue weighted by atomic mass is 16.5. The van der Waals surface area contributed by atoms with E-state index < -0.39 is 0 Å². The van der Waals surface area contributed by atoms with E-state index in [1.807, 2.05) is 0 Å². The molecule has 2 unspecified atom stereocenters. The van der Waals surface area contributed by atoms with Crippen LogP contribution >= 0.6 is 0 Å². The second-order valence-corrected chi connectivity index (χ2v) is 6.20. The number of carbonyl (C=O) groups is 1. The average Bonchev–Trinajstić information content (AvgIpc) is 2.23. The smallest absolute Gasteiger partial charge is 0.302 e. The fraction of sp³-hybridized carbons (Fsp3) is 0.706. The summed E-state index contributed by atoms with van der Waals surface area (Å²) in [6.07, 6.45) is 6.92. The second-order valence-electron chi connectivity index (χ2n) is 6.20. The molecule has 0 aromatic carbocycles. The summed E-state index contributed by atoms with van der Waals surface area (Å²) < 4.78 is 5.14. The van der Waals surface area contributed by atoms with Gasteiger partial charge in [-0.1, -0.05) is 17.7 Å². The molecule has 2 nitrogen and oxygen atoms in total. The van der Waals surface area contributed by atoms with Crippen molar-refractivity contribution in [2.45, 2.75) is 59.3 Å². The molecule has 1 rings (SSSR count). The Hall–Kier alpha value is -1.05. The van der Waals surface area contributed by atoms with E-state index in [2.05, 4.69) is 27.0 Å². The normalized spacial score (nSPS) is 25.5. The predicted octanol–water partition coefficient (Wildman–Crippen LogP) is 4.66. The number of hydrogen-bond acceptors (Lipinski definition) is 2. The lowest BCUT2D eigenvalue weighted by atomic mass is 9.54. The van der Waals surface area contributed by atoms with Gasteiger partial charge < -0.3 is 4.74 Å². The maximum absolute atomic E-state index is 10.9. The van der Waals surface area contributed by atoms with Crippen LogP contribution in [-0.2, 0) is 9.53 Å². The van der Waals surface area contributed by atoms with Crippen molar-refractivity contribution in [1.29, 1.82) is 0 Å². The van der Waals surface area contributed by atoms with Gasteiger partial charge in [0.2, 0.25) is 0 Å². The Morgan fingerprint density at radius 1 is 1.26 bits per heavy atom. The van der Waals surface area contributed by atoms with Gasteiger partial charge in [0, 0.05) is 6.92 Å². The molecular weight excluding hydrogens is 236 g/mol. The lowest BCUT2D eigenvalue weighted by Crippen LogP contribution is -2.41. The molecule has 2 atom stereocenters. The fourth-order valence-electron chi connectivity index (χ4n) is 3.33. The van der Waals surface area contributed by atoms with E-state index in [4.69, 9.17) is 4.74 Å². The van der Waals surface area contributed by atoms with E-state index in [0.29, 0.717) is 17.9 Å². The number of esters is 1. The van der Waals surface area contributed by atoms with Crippen LogP contribution in [0.3, 0.4) is 0 Å². The Labute approximate surface area is 117 Å². The molecule has 0 aliphatic heterocycles. The third-order valence-electron chi connectivity index (χ3n) is 4.45. The van der Waals surface area contributed by atoms with Gasteiger partial charge in [0.25, 0.3) is 0 Å². The summed E-state index contributed by atoms with van der Waals surface area (Å²) in [7, 11) is 0. The number of carbonyl (C=O) groups excluding carboxylic acids is 1. The van der Waals surface area contributed by atoms with E-state index in [-0.39, 0.29) is 5.97 Å². The Morgan fingerprint density at radius 3 is 2.37 bits per heavy atom. The Morgan fingerprint density at radius 2 is 1.95 bits per heavy atom. The fourth-order valence-corrected chi connectivity index (χ4v) is 3.33. The van der Waals surface area contributed by atoms with E-state index in [1.54, 1.807) is 0 Å². The number of rotatable bonds is 8. The van der Waals surface area contributed by atoms with Gasteiger partial charge in [0.15, 0.2) is 0 Å². The summed E-state index contributed by atoms with van der Waals surface area (Å²) in [5.41, 5.74) is 2.85. The maximum Gasteiger partial charge on any atom is 0.302 e. The van der Waals surface area contributed by atoms with Gasteiger partial charge in [-0.3, -0.25) is 4.79 Å². The van der Waals surface area contributed by atoms with Crippen molar-refractivity contribution in [2.24, 2.45) is 11.3 Å². The minimum atomic E-state index is -0.178. The van der Waals surface area contributed by atoms with Crippen molar-refractivity contribution in [2.75, 3.05) is 6.61 Å². The van der Waals surface area contributed by atoms with E-state index in [1.165, 1.54) is 43.8 Å². The highest BCUT2D eigenvalue weighted by Gasteiger charge is 2.45. The van der Waals surface area contributed by atoms with Crippen LogP contribution in [0.5, 0.6) is 0 Å². The van der Waals surface area contributed by atoms with Crippen molar-refractivity contribution in [3.8, 4) is 0 Å². The summed E-state index contributed by atoms with van der Waals surface area (Å²) in [6.45, 7) is 14.3. The summed E-state index contributed by atoms with van der Waals surface area (Å²) in [4.78, 5) is 10.9. The first-order valence-corrected chi connectivity index (χ1v) is 7.30. The zero-order valence-corrected chi connectivity index (χ0v) is 12.8. The van der Waals surface area contributed by atoms with Crippen molar-refractivity contribution >= 4 is 5.97 Å². The molecule has 0 spiro atoms. The van der Waals surface area contributed by atoms with Crippen LogP contribution in [-0.4, -0.2) is 12.6 Å². The van der Waals surface area contributed by atoms with Crippen LogP contribution in [0.4, 0.5) is 0 Å². The summed E-state index contributed by atoms with van der Waals surface area (Å²) in [5, 5.41) is 0. The third-order valence-corrected chi connectivity index (χ3v) is 4.45. The van der Waals surface area contributed by atoms with Gasteiger partial charge in [0.05, 0.1) is 6.61 Å². The Balaban J connectivity index is 2.55. The molecule has 0 bridgehead atoms. The summed E-state index contributed by atoms with van der Waals surface area (Å²) in [5.74, 6) is 0.427. The van der Waals surface area contributed by atoms with Gasteiger partial charge in [-0.05, 0) is 63.7 Å². The van der Waals surface area contributed by atoms with Gasteiger partial charge in [-0.25, -0.2) is 0 Å². The number of hydrogen-bond donors (Lipinski definition) is 0. The monoisotopic (exact) mass is 264 g/mol. The Kier molecular flexibility index (Phi) is 5.84. The van der Waals surface area contributed by atoms with Gasteiger partial charge in [-0.15, -0.1) is 6.58 Å². The number of ether oxygens (including phenoxy) is 1. The van der Waals surface area contributed by atoms with Crippen LogP contribution in [0.2, 0.25) is 0 Å². The van der Waals surface area contributed by atoms with Crippen LogP contribution in [0.25, 0.3) is 0 Å². The van der Waals surface area contributed by atoms with E-state index in [0.717, 1.165) is 12.8 Å². The largest absolute Gasteiger partial charge is 0.466 e. The molecule has 1 aliphatic carbocycles. The van der Waals surface area contributed by atoms with Crippen molar-refractivity contribution in [1.82, 2.24) is 0 Å². The van der Waals surface area contributed by atoms with Crippen molar-refractivity contribution in [3.05, 3.63) is 24.3 Å². The highest BCUT2D eigenvalue weighted by Crippen LogP contribution is 2.55. The zero-order chi connectivity index (χ0) is 14.5. The van der Waals surface area contributed by atoms with Crippen molar-refractivity contribution < 1.29 is 9.53 Å². The summed E-state index contributed by atoms with van der Waals surface area (Å²) >= 11 is 0. The zero-order valence-electron chi connectivity index (χ0n) is 12.8. The van der Waals surface area contributed by atoms with Gasteiger partial charge in [-0.2, -0.15) is 0 Å². The van der Waals surface area contributed by atoms with Crippen LogP contribution in [0.15, 0.2) is 24.3 Å². The number of allylic oxidation sites excluding steroid dienone is 2. The molecule has 1 aliphatic rings. The molecule has 0 aromatic heterocycles. The molecule has 0 amide bonds. The van der Waals surface area contributed by atoms with E-state index in [9.17, 15) is 4.79 Å². The van der Waals surface area contributed by atoms with Gasteiger partial charge >= 0.3 is 5.97 Å². The average molecular weight is 264 g/mol. The molecule has 1 fully saturated rings. The van der Waals surface area contributed by atoms with Crippen LogP contribution in [0, 0.1) is 11.3 Å². The molecule has 0 radical (unpaired) electrons. The molecule has 19 heavy (non-hydrogen) atoms. The first-order chi connectivity index (χ1) is 8.87. The SMILES string of the molecule is C=C(C)CCCC1(CCOC(C)=O)CCC1C(=C)C.